The van der Waals surface area contributed by atoms with Crippen molar-refractivity contribution in [1.82, 2.24) is 15.2 Å². The van der Waals surface area contributed by atoms with Crippen molar-refractivity contribution in [3.8, 4) is 0 Å². The van der Waals surface area contributed by atoms with Crippen LogP contribution in [0.15, 0.2) is 24.3 Å². The van der Waals surface area contributed by atoms with Gasteiger partial charge in [0, 0.05) is 11.6 Å². The number of aromatic amines is 1. The topological polar surface area (TPSA) is 79.6 Å². The standard InChI is InChI=1S/C9H10ClN5/c10-7-3-1-2-6(4-7)5-12-9-13-8(11)14-15-9/h1-4H,5H2,(H4,11,12,13,14,15). The average Bonchev–Trinajstić information content (AvgIpc) is 2.62. The maximum atomic E-state index is 5.85. The molecule has 0 spiro atoms. The first-order valence-electron chi connectivity index (χ1n) is 4.40. The van der Waals surface area contributed by atoms with Gasteiger partial charge in [-0.2, -0.15) is 0 Å². The van der Waals surface area contributed by atoms with E-state index >= 15 is 0 Å². The summed E-state index contributed by atoms with van der Waals surface area (Å²) in [6.07, 6.45) is 0. The summed E-state index contributed by atoms with van der Waals surface area (Å²) in [4.78, 5) is 2.77. The number of benzene rings is 1. The summed E-state index contributed by atoms with van der Waals surface area (Å²) in [6.45, 7) is 0.620. The molecule has 4 N–H and O–H groups in total. The molecule has 1 aromatic carbocycles. The van der Waals surface area contributed by atoms with Crippen LogP contribution < -0.4 is 11.1 Å². The molecule has 0 radical (unpaired) electrons. The minimum absolute atomic E-state index is 0.295. The molecule has 2 rings (SSSR count). The number of rotatable bonds is 3. The van der Waals surface area contributed by atoms with Gasteiger partial charge in [-0.3, -0.25) is 4.98 Å². The molecule has 78 valence electrons. The molecule has 0 unspecified atom stereocenters. The molecule has 0 saturated carbocycles. The summed E-state index contributed by atoms with van der Waals surface area (Å²) in [5.41, 5.74) is 6.45. The lowest BCUT2D eigenvalue weighted by molar-refractivity contribution is 1.05. The average molecular weight is 224 g/mol. The Morgan fingerprint density at radius 3 is 2.93 bits per heavy atom. The number of nitrogens with two attached hydrogens (primary N) is 1. The molecular formula is C9H10ClN5. The molecule has 0 aliphatic rings. The highest BCUT2D eigenvalue weighted by molar-refractivity contribution is 6.30. The van der Waals surface area contributed by atoms with Gasteiger partial charge in [0.1, 0.15) is 0 Å². The summed E-state index contributed by atoms with van der Waals surface area (Å²) in [7, 11) is 0. The van der Waals surface area contributed by atoms with Gasteiger partial charge in [-0.15, -0.1) is 10.2 Å². The van der Waals surface area contributed by atoms with Gasteiger partial charge < -0.3 is 11.1 Å². The van der Waals surface area contributed by atoms with Crippen LogP contribution in [0.5, 0.6) is 0 Å². The van der Waals surface area contributed by atoms with E-state index in [9.17, 15) is 0 Å². The maximum absolute atomic E-state index is 5.85. The molecule has 1 heterocycles. The molecular weight excluding hydrogens is 214 g/mol. The number of aromatic nitrogens is 3. The Morgan fingerprint density at radius 1 is 1.40 bits per heavy atom. The molecule has 0 bridgehead atoms. The quantitative estimate of drug-likeness (QED) is 0.739. The highest BCUT2D eigenvalue weighted by Gasteiger charge is 1.98. The molecule has 5 nitrogen and oxygen atoms in total. The Kier molecular flexibility index (Phi) is 2.73. The Balaban J connectivity index is 1.99. The molecule has 0 saturated heterocycles. The van der Waals surface area contributed by atoms with Crippen molar-refractivity contribution >= 4 is 23.5 Å². The largest absolute Gasteiger partial charge is 0.368 e. The molecule has 2 aromatic rings. The van der Waals surface area contributed by atoms with E-state index in [-0.39, 0.29) is 0 Å². The van der Waals surface area contributed by atoms with E-state index in [4.69, 9.17) is 17.3 Å². The first-order chi connectivity index (χ1) is 7.24. The van der Waals surface area contributed by atoms with Crippen LogP contribution >= 0.6 is 11.6 Å². The van der Waals surface area contributed by atoms with Gasteiger partial charge in [-0.1, -0.05) is 23.7 Å². The number of anilines is 2. The molecule has 0 atom stereocenters. The van der Waals surface area contributed by atoms with Crippen LogP contribution in [0.2, 0.25) is 5.02 Å². The third kappa shape index (κ3) is 2.60. The Hall–Kier alpha value is -1.75. The van der Waals surface area contributed by atoms with Crippen molar-refractivity contribution in [1.29, 1.82) is 0 Å². The highest BCUT2D eigenvalue weighted by Crippen LogP contribution is 2.11. The lowest BCUT2D eigenvalue weighted by Crippen LogP contribution is -2.00. The van der Waals surface area contributed by atoms with Gasteiger partial charge in [0.25, 0.3) is 0 Å². The van der Waals surface area contributed by atoms with Gasteiger partial charge in [0.2, 0.25) is 11.9 Å². The fraction of sp³-hybridized carbons (Fsp3) is 0.111. The van der Waals surface area contributed by atoms with Crippen LogP contribution in [0.1, 0.15) is 5.56 Å². The molecule has 0 fully saturated rings. The third-order valence-electron chi connectivity index (χ3n) is 1.85. The Labute approximate surface area is 91.7 Å². The van der Waals surface area contributed by atoms with Gasteiger partial charge in [-0.05, 0) is 17.7 Å². The minimum atomic E-state index is 0.295. The van der Waals surface area contributed by atoms with Crippen molar-refractivity contribution in [2.24, 2.45) is 0 Å². The highest BCUT2D eigenvalue weighted by atomic mass is 35.5. The number of nitrogen functional groups attached to an aromatic ring is 1. The van der Waals surface area contributed by atoms with Crippen molar-refractivity contribution in [3.05, 3.63) is 34.9 Å². The summed E-state index contributed by atoms with van der Waals surface area (Å²) < 4.78 is 0. The second kappa shape index (κ2) is 4.18. The molecule has 0 amide bonds. The van der Waals surface area contributed by atoms with E-state index in [1.165, 1.54) is 0 Å². The van der Waals surface area contributed by atoms with Crippen molar-refractivity contribution in [2.75, 3.05) is 11.1 Å². The van der Waals surface area contributed by atoms with Crippen LogP contribution in [0.25, 0.3) is 0 Å². The number of nitrogens with zero attached hydrogens (tertiary/aromatic N) is 2. The van der Waals surface area contributed by atoms with Crippen molar-refractivity contribution in [3.63, 3.8) is 0 Å². The predicted molar refractivity (Wildman–Crippen MR) is 59.6 cm³/mol. The van der Waals surface area contributed by atoms with Crippen LogP contribution in [-0.4, -0.2) is 15.2 Å². The maximum Gasteiger partial charge on any atom is 0.223 e. The smallest absolute Gasteiger partial charge is 0.223 e. The van der Waals surface area contributed by atoms with Crippen LogP contribution in [0, 0.1) is 0 Å². The second-order valence-electron chi connectivity index (χ2n) is 3.04. The van der Waals surface area contributed by atoms with E-state index in [2.05, 4.69) is 20.5 Å². The number of H-pyrrole nitrogens is 1. The zero-order valence-corrected chi connectivity index (χ0v) is 8.62. The first-order valence-corrected chi connectivity index (χ1v) is 4.78. The van der Waals surface area contributed by atoms with Gasteiger partial charge in [-0.25, -0.2) is 0 Å². The fourth-order valence-electron chi connectivity index (χ4n) is 1.19. The predicted octanol–water partition coefficient (Wildman–Crippen LogP) is 1.65. The van der Waals surface area contributed by atoms with Crippen LogP contribution in [0.3, 0.4) is 0 Å². The van der Waals surface area contributed by atoms with Crippen molar-refractivity contribution < 1.29 is 0 Å². The summed E-state index contributed by atoms with van der Waals surface area (Å²) in [5.74, 6) is 0.844. The van der Waals surface area contributed by atoms with E-state index in [1.807, 2.05) is 24.3 Å². The molecule has 0 aliphatic carbocycles. The zero-order valence-electron chi connectivity index (χ0n) is 7.87. The van der Waals surface area contributed by atoms with Crippen LogP contribution in [0.4, 0.5) is 11.9 Å². The van der Waals surface area contributed by atoms with E-state index in [0.29, 0.717) is 23.5 Å². The summed E-state index contributed by atoms with van der Waals surface area (Å²) in [6, 6.07) is 7.58. The lowest BCUT2D eigenvalue weighted by atomic mass is 10.2. The monoisotopic (exact) mass is 223 g/mol. The second-order valence-corrected chi connectivity index (χ2v) is 3.48. The van der Waals surface area contributed by atoms with Gasteiger partial charge >= 0.3 is 0 Å². The van der Waals surface area contributed by atoms with Crippen molar-refractivity contribution in [2.45, 2.75) is 6.54 Å². The number of halogens is 1. The number of hydrogen-bond acceptors (Lipinski definition) is 4. The molecule has 15 heavy (non-hydrogen) atoms. The van der Waals surface area contributed by atoms with Crippen LogP contribution in [-0.2, 0) is 6.54 Å². The fourth-order valence-corrected chi connectivity index (χ4v) is 1.40. The van der Waals surface area contributed by atoms with E-state index in [0.717, 1.165) is 5.56 Å². The SMILES string of the molecule is Nc1nnc(NCc2cccc(Cl)c2)[nH]1. The minimum Gasteiger partial charge on any atom is -0.368 e. The normalized spacial score (nSPS) is 10.2. The van der Waals surface area contributed by atoms with E-state index < -0.39 is 0 Å². The summed E-state index contributed by atoms with van der Waals surface area (Å²) in [5, 5.41) is 11.2. The Morgan fingerprint density at radius 2 is 2.27 bits per heavy atom. The number of hydrogen-bond donors (Lipinski definition) is 3. The third-order valence-corrected chi connectivity index (χ3v) is 2.09. The lowest BCUT2D eigenvalue weighted by Gasteiger charge is -2.02. The van der Waals surface area contributed by atoms with E-state index in [1.54, 1.807) is 0 Å². The molecule has 1 aromatic heterocycles. The van der Waals surface area contributed by atoms with Gasteiger partial charge in [0.15, 0.2) is 0 Å². The molecule has 6 heteroatoms. The van der Waals surface area contributed by atoms with Gasteiger partial charge in [0.05, 0.1) is 0 Å². The molecule has 0 aliphatic heterocycles. The Bertz CT molecular complexity index is 453. The number of nitrogens with one attached hydrogen (secondary N) is 2. The zero-order chi connectivity index (χ0) is 10.7. The first kappa shape index (κ1) is 9.79. The summed E-state index contributed by atoms with van der Waals surface area (Å²) >= 11 is 5.85.